The van der Waals surface area contributed by atoms with Crippen molar-refractivity contribution in [2.45, 2.75) is 48.1 Å². The van der Waals surface area contributed by atoms with Crippen LogP contribution in [0.25, 0.3) is 0 Å². The Labute approximate surface area is 197 Å². The first-order valence-electron chi connectivity index (χ1n) is 10.5. The van der Waals surface area contributed by atoms with E-state index in [2.05, 4.69) is 5.32 Å². The van der Waals surface area contributed by atoms with E-state index >= 15 is 0 Å². The minimum absolute atomic E-state index is 0.0194. The van der Waals surface area contributed by atoms with Crippen molar-refractivity contribution in [3.63, 3.8) is 0 Å². The SMILES string of the molecule is CC(C)(Oc1cccc(F)c1F)C(=O)NC1CCN(S(=O)(=O)c2ccc(S(C)(=O)=O)cc2)CC1. The predicted octanol–water partition coefficient (Wildman–Crippen LogP) is 2.50. The normalized spacial score (nSPS) is 16.3. The number of sulfonamides is 1. The van der Waals surface area contributed by atoms with Crippen molar-refractivity contribution in [1.82, 2.24) is 9.62 Å². The standard InChI is InChI=1S/C22H26F2N2O6S2/c1-22(2,32-19-6-4-5-18(23)20(19)24)21(27)25-15-11-13-26(14-12-15)34(30,31)17-9-7-16(8-10-17)33(3,28)29/h4-10,15H,11-14H2,1-3H3,(H,25,27). The van der Waals surface area contributed by atoms with E-state index in [0.29, 0.717) is 12.8 Å². The van der Waals surface area contributed by atoms with Gasteiger partial charge in [-0.3, -0.25) is 4.79 Å². The van der Waals surface area contributed by atoms with Crippen molar-refractivity contribution >= 4 is 25.8 Å². The second kappa shape index (κ2) is 9.59. The summed E-state index contributed by atoms with van der Waals surface area (Å²) in [5, 5.41) is 2.78. The summed E-state index contributed by atoms with van der Waals surface area (Å²) < 4.78 is 83.0. The number of benzene rings is 2. The van der Waals surface area contributed by atoms with Gasteiger partial charge in [-0.05, 0) is 63.1 Å². The van der Waals surface area contributed by atoms with Crippen molar-refractivity contribution in [3.8, 4) is 5.75 Å². The molecule has 2 aromatic rings. The summed E-state index contributed by atoms with van der Waals surface area (Å²) >= 11 is 0. The number of carbonyl (C=O) groups is 1. The van der Waals surface area contributed by atoms with Gasteiger partial charge in [-0.1, -0.05) is 6.07 Å². The van der Waals surface area contributed by atoms with Gasteiger partial charge in [-0.15, -0.1) is 0 Å². The number of rotatable bonds is 7. The predicted molar refractivity (Wildman–Crippen MR) is 121 cm³/mol. The number of nitrogens with one attached hydrogen (secondary N) is 1. The summed E-state index contributed by atoms with van der Waals surface area (Å²) in [6.45, 7) is 3.13. The van der Waals surface area contributed by atoms with Crippen molar-refractivity contribution in [2.75, 3.05) is 19.3 Å². The molecule has 0 unspecified atom stereocenters. The maximum atomic E-state index is 13.9. The van der Waals surface area contributed by atoms with E-state index in [0.717, 1.165) is 12.3 Å². The number of ether oxygens (including phenoxy) is 1. The molecule has 8 nitrogen and oxygen atoms in total. The molecule has 1 heterocycles. The molecule has 1 aliphatic heterocycles. The van der Waals surface area contributed by atoms with Crippen LogP contribution in [0.4, 0.5) is 8.78 Å². The quantitative estimate of drug-likeness (QED) is 0.606. The number of sulfone groups is 1. The van der Waals surface area contributed by atoms with E-state index < -0.39 is 43.0 Å². The summed E-state index contributed by atoms with van der Waals surface area (Å²) in [6.07, 6.45) is 1.70. The molecule has 3 rings (SSSR count). The van der Waals surface area contributed by atoms with Gasteiger partial charge >= 0.3 is 0 Å². The maximum absolute atomic E-state index is 13.9. The van der Waals surface area contributed by atoms with Crippen molar-refractivity contribution in [1.29, 1.82) is 0 Å². The lowest BCUT2D eigenvalue weighted by atomic mass is 10.0. The summed E-state index contributed by atoms with van der Waals surface area (Å²) in [7, 11) is -7.27. The largest absolute Gasteiger partial charge is 0.475 e. The molecule has 0 saturated carbocycles. The van der Waals surface area contributed by atoms with Gasteiger partial charge in [-0.2, -0.15) is 8.70 Å². The fraction of sp³-hybridized carbons (Fsp3) is 0.409. The van der Waals surface area contributed by atoms with Gasteiger partial charge < -0.3 is 10.1 Å². The first-order chi connectivity index (χ1) is 15.7. The molecular weight excluding hydrogens is 490 g/mol. The number of piperidine rings is 1. The highest BCUT2D eigenvalue weighted by molar-refractivity contribution is 7.90. The molecule has 0 radical (unpaired) electrons. The van der Waals surface area contributed by atoms with Crippen LogP contribution in [0, 0.1) is 11.6 Å². The second-order valence-electron chi connectivity index (χ2n) is 8.56. The smallest absolute Gasteiger partial charge is 0.263 e. The minimum Gasteiger partial charge on any atom is -0.475 e. The third kappa shape index (κ3) is 5.73. The summed E-state index contributed by atoms with van der Waals surface area (Å²) in [4.78, 5) is 12.7. The molecule has 1 fully saturated rings. The zero-order valence-corrected chi connectivity index (χ0v) is 20.5. The van der Waals surface area contributed by atoms with Gasteiger partial charge in [0.05, 0.1) is 9.79 Å². The van der Waals surface area contributed by atoms with Gasteiger partial charge in [0.1, 0.15) is 0 Å². The first kappa shape index (κ1) is 26.0. The van der Waals surface area contributed by atoms with Crippen LogP contribution in [-0.4, -0.2) is 58.0 Å². The van der Waals surface area contributed by atoms with Crippen LogP contribution in [0.1, 0.15) is 26.7 Å². The number of amides is 1. The molecule has 1 N–H and O–H groups in total. The highest BCUT2D eigenvalue weighted by atomic mass is 32.2. The third-order valence-corrected chi connectivity index (χ3v) is 8.55. The zero-order chi connectivity index (χ0) is 25.3. The molecule has 12 heteroatoms. The monoisotopic (exact) mass is 516 g/mol. The highest BCUT2D eigenvalue weighted by Crippen LogP contribution is 2.26. The number of carbonyl (C=O) groups excluding carboxylic acids is 1. The molecule has 0 bridgehead atoms. The first-order valence-corrected chi connectivity index (χ1v) is 13.8. The second-order valence-corrected chi connectivity index (χ2v) is 12.5. The maximum Gasteiger partial charge on any atom is 0.263 e. The molecule has 0 spiro atoms. The average molecular weight is 517 g/mol. The number of hydrogen-bond acceptors (Lipinski definition) is 6. The van der Waals surface area contributed by atoms with Crippen LogP contribution in [-0.2, 0) is 24.7 Å². The molecule has 1 saturated heterocycles. The van der Waals surface area contributed by atoms with Gasteiger partial charge in [0.2, 0.25) is 15.8 Å². The van der Waals surface area contributed by atoms with Gasteiger partial charge in [0, 0.05) is 25.4 Å². The van der Waals surface area contributed by atoms with Crippen LogP contribution in [0.5, 0.6) is 5.75 Å². The highest BCUT2D eigenvalue weighted by Gasteiger charge is 2.35. The van der Waals surface area contributed by atoms with Gasteiger partial charge in [-0.25, -0.2) is 21.2 Å². The molecular formula is C22H26F2N2O6S2. The van der Waals surface area contributed by atoms with E-state index in [1.54, 1.807) is 0 Å². The fourth-order valence-corrected chi connectivity index (χ4v) is 5.59. The lowest BCUT2D eigenvalue weighted by molar-refractivity contribution is -0.135. The van der Waals surface area contributed by atoms with Crippen molar-refractivity contribution < 1.29 is 35.1 Å². The third-order valence-electron chi connectivity index (χ3n) is 5.51. The number of nitrogens with zero attached hydrogens (tertiary/aromatic N) is 1. The molecule has 1 amide bonds. The van der Waals surface area contributed by atoms with Crippen LogP contribution >= 0.6 is 0 Å². The minimum atomic E-state index is -3.83. The molecule has 0 atom stereocenters. The fourth-order valence-electron chi connectivity index (χ4n) is 3.49. The summed E-state index contributed by atoms with van der Waals surface area (Å²) in [6, 6.07) is 8.10. The Hall–Kier alpha value is -2.57. The Morgan fingerprint density at radius 2 is 1.56 bits per heavy atom. The topological polar surface area (TPSA) is 110 Å². The van der Waals surface area contributed by atoms with Gasteiger partial charge in [0.25, 0.3) is 5.91 Å². The summed E-state index contributed by atoms with van der Waals surface area (Å²) in [5.41, 5.74) is -1.50. The molecule has 2 aromatic carbocycles. The molecule has 0 aliphatic carbocycles. The van der Waals surface area contributed by atoms with E-state index in [9.17, 15) is 30.4 Å². The molecule has 186 valence electrons. The van der Waals surface area contributed by atoms with E-state index in [-0.39, 0.29) is 34.7 Å². The van der Waals surface area contributed by atoms with Crippen LogP contribution in [0.15, 0.2) is 52.3 Å². The van der Waals surface area contributed by atoms with Crippen molar-refractivity contribution in [2.24, 2.45) is 0 Å². The molecule has 0 aromatic heterocycles. The number of hydrogen-bond donors (Lipinski definition) is 1. The van der Waals surface area contributed by atoms with Gasteiger partial charge in [0.15, 0.2) is 27.0 Å². The van der Waals surface area contributed by atoms with Crippen LogP contribution in [0.3, 0.4) is 0 Å². The Balaban J connectivity index is 1.60. The Morgan fingerprint density at radius 3 is 2.12 bits per heavy atom. The zero-order valence-electron chi connectivity index (χ0n) is 18.9. The van der Waals surface area contributed by atoms with E-state index in [4.69, 9.17) is 4.74 Å². The molecule has 1 aliphatic rings. The Morgan fingerprint density at radius 1 is 1.00 bits per heavy atom. The lowest BCUT2D eigenvalue weighted by Gasteiger charge is -2.34. The Bertz CT molecular complexity index is 1270. The Kier molecular flexibility index (Phi) is 7.34. The van der Waals surface area contributed by atoms with E-state index in [1.807, 2.05) is 0 Å². The summed E-state index contributed by atoms with van der Waals surface area (Å²) in [5.74, 6) is -3.21. The van der Waals surface area contributed by atoms with Crippen molar-refractivity contribution in [3.05, 3.63) is 54.1 Å². The average Bonchev–Trinajstić information content (AvgIpc) is 2.76. The lowest BCUT2D eigenvalue weighted by Crippen LogP contribution is -2.53. The van der Waals surface area contributed by atoms with E-state index in [1.165, 1.54) is 54.6 Å². The van der Waals surface area contributed by atoms with Crippen LogP contribution in [0.2, 0.25) is 0 Å². The van der Waals surface area contributed by atoms with Crippen LogP contribution < -0.4 is 10.1 Å². The molecule has 34 heavy (non-hydrogen) atoms. The number of halogens is 2.